The molecule has 0 aliphatic rings. The van der Waals surface area contributed by atoms with Crippen LogP contribution in [0.3, 0.4) is 0 Å². The first kappa shape index (κ1) is 14.1. The number of nitrogens with one attached hydrogen (secondary N) is 2. The predicted octanol–water partition coefficient (Wildman–Crippen LogP) is 2.32. The topological polar surface area (TPSA) is 49.3 Å². The van der Waals surface area contributed by atoms with E-state index in [0.717, 1.165) is 23.5 Å². The summed E-state index contributed by atoms with van der Waals surface area (Å²) in [6.45, 7) is 2.74. The van der Waals surface area contributed by atoms with Gasteiger partial charge in [0, 0.05) is 18.3 Å². The van der Waals surface area contributed by atoms with Gasteiger partial charge in [-0.3, -0.25) is 10.4 Å². The summed E-state index contributed by atoms with van der Waals surface area (Å²) in [5.41, 5.74) is 5.39. The van der Waals surface area contributed by atoms with Crippen LogP contribution in [0, 0.1) is 0 Å². The maximum absolute atomic E-state index is 5.12. The molecule has 20 heavy (non-hydrogen) atoms. The molecule has 0 bridgehead atoms. The van der Waals surface area contributed by atoms with E-state index < -0.39 is 0 Å². The number of aromatic nitrogens is 1. The number of hydrogen-bond acceptors (Lipinski definition) is 3. The third kappa shape index (κ3) is 3.86. The minimum atomic E-state index is 0.497. The van der Waals surface area contributed by atoms with Gasteiger partial charge in [-0.1, -0.05) is 36.4 Å². The summed E-state index contributed by atoms with van der Waals surface area (Å²) in [6.07, 6.45) is 1.75. The van der Waals surface area contributed by atoms with Crippen LogP contribution in [-0.4, -0.2) is 22.4 Å². The zero-order valence-corrected chi connectivity index (χ0v) is 12.0. The zero-order valence-electron chi connectivity index (χ0n) is 11.2. The number of hydrazone groups is 1. The molecule has 1 heterocycles. The molecule has 4 nitrogen and oxygen atoms in total. The molecule has 0 fully saturated rings. The molecule has 0 aliphatic carbocycles. The Morgan fingerprint density at radius 2 is 1.90 bits per heavy atom. The predicted molar refractivity (Wildman–Crippen MR) is 85.7 cm³/mol. The second kappa shape index (κ2) is 7.35. The largest absolute Gasteiger partial charge is 0.362 e. The van der Waals surface area contributed by atoms with Gasteiger partial charge in [0.2, 0.25) is 0 Å². The van der Waals surface area contributed by atoms with Crippen molar-refractivity contribution in [1.29, 1.82) is 0 Å². The first-order valence-corrected chi connectivity index (χ1v) is 6.80. The van der Waals surface area contributed by atoms with Gasteiger partial charge in [0.1, 0.15) is 5.71 Å². The van der Waals surface area contributed by atoms with Gasteiger partial charge < -0.3 is 5.32 Å². The monoisotopic (exact) mass is 284 g/mol. The van der Waals surface area contributed by atoms with Crippen molar-refractivity contribution >= 4 is 23.0 Å². The van der Waals surface area contributed by atoms with Crippen molar-refractivity contribution in [1.82, 2.24) is 15.7 Å². The lowest BCUT2D eigenvalue weighted by Crippen LogP contribution is -2.32. The number of hydrogen-bond donors (Lipinski definition) is 2. The summed E-state index contributed by atoms with van der Waals surface area (Å²) in [5, 5.41) is 7.88. The molecule has 0 spiro atoms. The van der Waals surface area contributed by atoms with E-state index in [-0.39, 0.29) is 0 Å². The van der Waals surface area contributed by atoms with Gasteiger partial charge in [-0.2, -0.15) is 5.10 Å². The van der Waals surface area contributed by atoms with Gasteiger partial charge in [0.05, 0.1) is 5.69 Å². The summed E-state index contributed by atoms with van der Waals surface area (Å²) in [7, 11) is 0. The Balaban J connectivity index is 2.30. The molecule has 1 aromatic heterocycles. The van der Waals surface area contributed by atoms with E-state index in [1.54, 1.807) is 6.20 Å². The van der Waals surface area contributed by atoms with E-state index >= 15 is 0 Å². The lowest BCUT2D eigenvalue weighted by atomic mass is 10.1. The lowest BCUT2D eigenvalue weighted by Gasteiger charge is -2.08. The standard InChI is InChI=1S/C15H16N4S/c1-2-16-15(20)19-18-14(12-8-4-3-5-9-12)13-10-6-7-11-17-13/h3-11H,2H2,1H3,(H2,16,19,20)/b18-14+. The van der Waals surface area contributed by atoms with Crippen molar-refractivity contribution in [3.63, 3.8) is 0 Å². The van der Waals surface area contributed by atoms with E-state index in [9.17, 15) is 0 Å². The van der Waals surface area contributed by atoms with Crippen LogP contribution in [0.4, 0.5) is 0 Å². The van der Waals surface area contributed by atoms with Crippen LogP contribution in [0.1, 0.15) is 18.2 Å². The molecule has 0 unspecified atom stereocenters. The van der Waals surface area contributed by atoms with Gasteiger partial charge in [-0.15, -0.1) is 0 Å². The van der Waals surface area contributed by atoms with Crippen LogP contribution in [0.15, 0.2) is 59.8 Å². The van der Waals surface area contributed by atoms with Gasteiger partial charge in [0.15, 0.2) is 5.11 Å². The highest BCUT2D eigenvalue weighted by molar-refractivity contribution is 7.80. The number of pyridine rings is 1. The zero-order chi connectivity index (χ0) is 14.2. The molecule has 2 rings (SSSR count). The fourth-order valence-electron chi connectivity index (χ4n) is 1.68. The van der Waals surface area contributed by atoms with Gasteiger partial charge in [-0.25, -0.2) is 0 Å². The molecule has 1 aromatic carbocycles. The SMILES string of the molecule is CCNC(=S)N/N=C(\c1ccccc1)c1ccccn1. The average Bonchev–Trinajstić information content (AvgIpc) is 2.50. The van der Waals surface area contributed by atoms with Gasteiger partial charge in [0.25, 0.3) is 0 Å². The number of rotatable bonds is 4. The molecule has 5 heteroatoms. The Bertz CT molecular complexity index is 540. The van der Waals surface area contributed by atoms with E-state index in [2.05, 4.69) is 20.8 Å². The molecule has 0 saturated heterocycles. The molecule has 0 radical (unpaired) electrons. The van der Waals surface area contributed by atoms with Crippen molar-refractivity contribution in [3.05, 3.63) is 66.0 Å². The molecule has 0 atom stereocenters. The van der Waals surface area contributed by atoms with Gasteiger partial charge >= 0.3 is 0 Å². The Kier molecular flexibility index (Phi) is 5.20. The highest BCUT2D eigenvalue weighted by Gasteiger charge is 2.07. The maximum Gasteiger partial charge on any atom is 0.186 e. The van der Waals surface area contributed by atoms with E-state index in [1.165, 1.54) is 0 Å². The summed E-state index contributed by atoms with van der Waals surface area (Å²) in [4.78, 5) is 4.34. The summed E-state index contributed by atoms with van der Waals surface area (Å²) >= 11 is 5.12. The fourth-order valence-corrected chi connectivity index (χ4v) is 1.87. The number of benzene rings is 1. The lowest BCUT2D eigenvalue weighted by molar-refractivity contribution is 0.901. The normalized spacial score (nSPS) is 10.9. The first-order valence-electron chi connectivity index (χ1n) is 6.39. The highest BCUT2D eigenvalue weighted by atomic mass is 32.1. The summed E-state index contributed by atoms with van der Waals surface area (Å²) < 4.78 is 0. The highest BCUT2D eigenvalue weighted by Crippen LogP contribution is 2.07. The second-order valence-electron chi connectivity index (χ2n) is 4.01. The van der Waals surface area contributed by atoms with Crippen LogP contribution >= 0.6 is 12.2 Å². The minimum absolute atomic E-state index is 0.497. The number of thiocarbonyl (C=S) groups is 1. The minimum Gasteiger partial charge on any atom is -0.362 e. The third-order valence-electron chi connectivity index (χ3n) is 2.56. The van der Waals surface area contributed by atoms with Crippen molar-refractivity contribution in [2.24, 2.45) is 5.10 Å². The summed E-state index contributed by atoms with van der Waals surface area (Å²) in [6, 6.07) is 15.6. The molecule has 2 N–H and O–H groups in total. The van der Waals surface area contributed by atoms with E-state index in [4.69, 9.17) is 12.2 Å². The number of nitrogens with zero attached hydrogens (tertiary/aromatic N) is 2. The Labute approximate surface area is 123 Å². The summed E-state index contributed by atoms with van der Waals surface area (Å²) in [5.74, 6) is 0. The van der Waals surface area contributed by atoms with E-state index in [1.807, 2.05) is 55.5 Å². The average molecular weight is 284 g/mol. The fraction of sp³-hybridized carbons (Fsp3) is 0.133. The molecule has 102 valence electrons. The molecule has 0 saturated carbocycles. The maximum atomic E-state index is 5.12. The quantitative estimate of drug-likeness (QED) is 0.514. The Hall–Kier alpha value is -2.27. The Morgan fingerprint density at radius 3 is 2.55 bits per heavy atom. The molecule has 0 amide bonds. The van der Waals surface area contributed by atoms with Crippen molar-refractivity contribution < 1.29 is 0 Å². The smallest absolute Gasteiger partial charge is 0.186 e. The van der Waals surface area contributed by atoms with Crippen molar-refractivity contribution in [3.8, 4) is 0 Å². The van der Waals surface area contributed by atoms with Gasteiger partial charge in [-0.05, 0) is 31.3 Å². The Morgan fingerprint density at radius 1 is 1.15 bits per heavy atom. The van der Waals surface area contributed by atoms with Crippen molar-refractivity contribution in [2.45, 2.75) is 6.92 Å². The second-order valence-corrected chi connectivity index (χ2v) is 4.42. The molecular weight excluding hydrogens is 268 g/mol. The van der Waals surface area contributed by atoms with Crippen LogP contribution in [0.25, 0.3) is 0 Å². The first-order chi connectivity index (χ1) is 9.81. The van der Waals surface area contributed by atoms with Crippen LogP contribution in [-0.2, 0) is 0 Å². The van der Waals surface area contributed by atoms with E-state index in [0.29, 0.717) is 5.11 Å². The molecule has 0 aliphatic heterocycles. The van der Waals surface area contributed by atoms with Crippen LogP contribution in [0.2, 0.25) is 0 Å². The molecular formula is C15H16N4S. The van der Waals surface area contributed by atoms with Crippen molar-refractivity contribution in [2.75, 3.05) is 6.54 Å². The van der Waals surface area contributed by atoms with Crippen LogP contribution < -0.4 is 10.7 Å². The van der Waals surface area contributed by atoms with Crippen LogP contribution in [0.5, 0.6) is 0 Å². The third-order valence-corrected chi connectivity index (χ3v) is 2.80. The molecule has 2 aromatic rings.